The van der Waals surface area contributed by atoms with Crippen molar-refractivity contribution >= 4 is 52.1 Å². The molecule has 2 aromatic heterocycles. The summed E-state index contributed by atoms with van der Waals surface area (Å²) >= 11 is 3.51. The fourth-order valence-electron chi connectivity index (χ4n) is 3.70. The summed E-state index contributed by atoms with van der Waals surface area (Å²) in [6.07, 6.45) is -0.430. The summed E-state index contributed by atoms with van der Waals surface area (Å²) in [5.74, 6) is 0. The molecule has 0 saturated carbocycles. The zero-order valence-electron chi connectivity index (χ0n) is 21.7. The molecule has 0 unspecified atom stereocenters. The number of carbonyl (C=O) groups is 1. The van der Waals surface area contributed by atoms with E-state index in [1.165, 1.54) is 0 Å². The van der Waals surface area contributed by atoms with E-state index >= 15 is 0 Å². The predicted octanol–water partition coefficient (Wildman–Crippen LogP) is 8.25. The maximum absolute atomic E-state index is 13.4. The molecule has 0 amide bonds. The lowest BCUT2D eigenvalue weighted by molar-refractivity contribution is 0.0547. The van der Waals surface area contributed by atoms with E-state index < -0.39 is 20.0 Å². The largest absolute Gasteiger partial charge is 0.443 e. The number of halogens is 1. The average Bonchev–Trinajstić information content (AvgIpc) is 3.30. The molecule has 0 atom stereocenters. The minimum Gasteiger partial charge on any atom is -0.443 e. The average molecular weight is 557 g/mol. The van der Waals surface area contributed by atoms with Gasteiger partial charge in [0.15, 0.2) is 8.32 Å². The molecule has 4 aromatic rings. The fraction of sp³-hybridized carbons (Fsp3) is 0.407. The summed E-state index contributed by atoms with van der Waals surface area (Å²) < 4.78 is 14.8. The van der Waals surface area contributed by atoms with Gasteiger partial charge in [0.2, 0.25) is 0 Å². The minimum atomic E-state index is -1.88. The number of H-pyrrole nitrogens is 1. The van der Waals surface area contributed by atoms with E-state index in [2.05, 4.69) is 66.1 Å². The Morgan fingerprint density at radius 1 is 1.06 bits per heavy atom. The molecule has 2 heterocycles. The first-order valence-corrected chi connectivity index (χ1v) is 15.5. The van der Waals surface area contributed by atoms with Crippen LogP contribution in [-0.2, 0) is 15.8 Å². The summed E-state index contributed by atoms with van der Waals surface area (Å²) in [6.45, 7) is 17.4. The maximum atomic E-state index is 13.4. The van der Waals surface area contributed by atoms with Crippen LogP contribution in [0.1, 0.15) is 47.1 Å². The van der Waals surface area contributed by atoms with Crippen LogP contribution >= 0.6 is 15.9 Å². The number of aromatic nitrogens is 3. The van der Waals surface area contributed by atoms with E-state index in [4.69, 9.17) is 9.16 Å². The van der Waals surface area contributed by atoms with E-state index in [0.29, 0.717) is 18.0 Å². The van der Waals surface area contributed by atoms with Crippen LogP contribution in [-0.4, -0.2) is 34.8 Å². The van der Waals surface area contributed by atoms with Crippen LogP contribution in [0.15, 0.2) is 46.9 Å². The standard InChI is InChI=1S/C27H34BrN3O3Si/c1-26(2,3)34-25(32)31-22-12-9-17(16-33-35(7,8)27(4,5)6)13-18(22)14-23(31)24-20-11-10-19(28)15-21(20)29-30-24/h9-15H,16H2,1-8H3,(H,29,30). The number of hydrogen-bond acceptors (Lipinski definition) is 4. The molecule has 8 heteroatoms. The van der Waals surface area contributed by atoms with E-state index in [9.17, 15) is 4.79 Å². The third-order valence-corrected chi connectivity index (χ3v) is 11.6. The molecule has 0 aliphatic rings. The number of carbonyl (C=O) groups excluding carboxylic acids is 1. The van der Waals surface area contributed by atoms with Crippen LogP contribution in [0.4, 0.5) is 4.79 Å². The Bertz CT molecular complexity index is 1410. The second kappa shape index (κ2) is 8.91. The van der Waals surface area contributed by atoms with Crippen LogP contribution in [0.25, 0.3) is 33.2 Å². The topological polar surface area (TPSA) is 69.1 Å². The van der Waals surface area contributed by atoms with Crippen molar-refractivity contribution in [3.8, 4) is 11.4 Å². The van der Waals surface area contributed by atoms with Gasteiger partial charge in [0.25, 0.3) is 0 Å². The Morgan fingerprint density at radius 2 is 1.77 bits per heavy atom. The van der Waals surface area contributed by atoms with Gasteiger partial charge >= 0.3 is 6.09 Å². The lowest BCUT2D eigenvalue weighted by Gasteiger charge is -2.36. The van der Waals surface area contributed by atoms with Gasteiger partial charge in [-0.15, -0.1) is 0 Å². The van der Waals surface area contributed by atoms with Crippen molar-refractivity contribution in [2.75, 3.05) is 0 Å². The van der Waals surface area contributed by atoms with Crippen LogP contribution in [0.3, 0.4) is 0 Å². The smallest absolute Gasteiger partial charge is 0.419 e. The van der Waals surface area contributed by atoms with E-state index in [0.717, 1.165) is 31.8 Å². The van der Waals surface area contributed by atoms with E-state index in [1.54, 1.807) is 4.57 Å². The predicted molar refractivity (Wildman–Crippen MR) is 148 cm³/mol. The number of nitrogens with one attached hydrogen (secondary N) is 1. The molecule has 1 N–H and O–H groups in total. The van der Waals surface area contributed by atoms with Gasteiger partial charge in [-0.2, -0.15) is 5.10 Å². The third kappa shape index (κ3) is 5.24. The molecule has 0 bridgehead atoms. The summed E-state index contributed by atoms with van der Waals surface area (Å²) in [5, 5.41) is 9.67. The number of ether oxygens (including phenoxy) is 1. The van der Waals surface area contributed by atoms with Gasteiger partial charge in [0.1, 0.15) is 11.3 Å². The second-order valence-corrected chi connectivity index (χ2v) is 17.3. The van der Waals surface area contributed by atoms with Gasteiger partial charge in [-0.3, -0.25) is 5.10 Å². The highest BCUT2D eigenvalue weighted by Gasteiger charge is 2.37. The summed E-state index contributed by atoms with van der Waals surface area (Å²) in [5.41, 5.74) is 3.50. The monoisotopic (exact) mass is 555 g/mol. The second-order valence-electron chi connectivity index (χ2n) is 11.5. The Morgan fingerprint density at radius 3 is 2.43 bits per heavy atom. The molecule has 4 rings (SSSR count). The van der Waals surface area contributed by atoms with Crippen molar-refractivity contribution in [2.24, 2.45) is 0 Å². The van der Waals surface area contributed by atoms with Gasteiger partial charge in [-0.1, -0.05) is 42.8 Å². The van der Waals surface area contributed by atoms with Gasteiger partial charge in [-0.25, -0.2) is 9.36 Å². The molecule has 6 nitrogen and oxygen atoms in total. The van der Waals surface area contributed by atoms with Crippen molar-refractivity contribution in [2.45, 2.75) is 71.9 Å². The molecular formula is C27H34BrN3O3Si. The Labute approximate surface area is 216 Å². The Balaban J connectivity index is 1.81. The molecule has 186 valence electrons. The molecule has 0 fully saturated rings. The number of fused-ring (bicyclic) bond motifs is 2. The number of nitrogens with zero attached hydrogens (tertiary/aromatic N) is 2. The van der Waals surface area contributed by atoms with Crippen LogP contribution < -0.4 is 0 Å². The van der Waals surface area contributed by atoms with Gasteiger partial charge in [-0.05, 0) is 80.9 Å². The quantitative estimate of drug-likeness (QED) is 0.257. The molecule has 0 saturated heterocycles. The summed E-state index contributed by atoms with van der Waals surface area (Å²) in [7, 11) is -1.88. The summed E-state index contributed by atoms with van der Waals surface area (Å²) in [6, 6.07) is 14.0. The van der Waals surface area contributed by atoms with Crippen molar-refractivity contribution in [1.29, 1.82) is 0 Å². The van der Waals surface area contributed by atoms with E-state index in [1.807, 2.05) is 57.2 Å². The van der Waals surface area contributed by atoms with Crippen molar-refractivity contribution in [3.63, 3.8) is 0 Å². The first kappa shape index (κ1) is 25.7. The molecular weight excluding hydrogens is 522 g/mol. The van der Waals surface area contributed by atoms with Crippen molar-refractivity contribution < 1.29 is 14.0 Å². The fourth-order valence-corrected chi connectivity index (χ4v) is 5.02. The molecule has 35 heavy (non-hydrogen) atoms. The highest BCUT2D eigenvalue weighted by Crippen LogP contribution is 2.38. The van der Waals surface area contributed by atoms with Gasteiger partial charge in [0, 0.05) is 15.2 Å². The Hall–Kier alpha value is -2.42. The zero-order valence-corrected chi connectivity index (χ0v) is 24.3. The van der Waals surface area contributed by atoms with Crippen LogP contribution in [0, 0.1) is 0 Å². The van der Waals surface area contributed by atoms with Gasteiger partial charge < -0.3 is 9.16 Å². The van der Waals surface area contributed by atoms with Crippen molar-refractivity contribution in [3.05, 3.63) is 52.5 Å². The number of hydrogen-bond donors (Lipinski definition) is 1. The lowest BCUT2D eigenvalue weighted by atomic mass is 10.1. The first-order chi connectivity index (χ1) is 16.2. The maximum Gasteiger partial charge on any atom is 0.419 e. The van der Waals surface area contributed by atoms with Crippen LogP contribution in [0.5, 0.6) is 0 Å². The van der Waals surface area contributed by atoms with Crippen LogP contribution in [0.2, 0.25) is 18.1 Å². The number of benzene rings is 2. The molecule has 0 radical (unpaired) electrons. The highest BCUT2D eigenvalue weighted by molar-refractivity contribution is 9.10. The summed E-state index contributed by atoms with van der Waals surface area (Å²) in [4.78, 5) is 13.4. The SMILES string of the molecule is CC(C)(C)OC(=O)n1c(-c2n[nH]c3cc(Br)ccc23)cc2cc(CO[Si](C)(C)C(C)(C)C)ccc21. The zero-order chi connectivity index (χ0) is 25.8. The lowest BCUT2D eigenvalue weighted by Crippen LogP contribution is -2.40. The van der Waals surface area contributed by atoms with Gasteiger partial charge in [0.05, 0.1) is 23.3 Å². The van der Waals surface area contributed by atoms with Crippen molar-refractivity contribution in [1.82, 2.24) is 14.8 Å². The minimum absolute atomic E-state index is 0.139. The Kier molecular flexibility index (Phi) is 6.53. The van der Waals surface area contributed by atoms with E-state index in [-0.39, 0.29) is 5.04 Å². The normalized spacial score (nSPS) is 13.1. The molecule has 0 aliphatic heterocycles. The first-order valence-electron chi connectivity index (χ1n) is 11.8. The third-order valence-electron chi connectivity index (χ3n) is 6.62. The highest BCUT2D eigenvalue weighted by atomic mass is 79.9. The number of rotatable bonds is 4. The molecule has 0 aliphatic carbocycles. The molecule has 2 aromatic carbocycles. The number of aromatic amines is 1. The molecule has 0 spiro atoms.